The smallest absolute Gasteiger partial charge is 0.102 e. The van der Waals surface area contributed by atoms with Crippen molar-refractivity contribution in [1.82, 2.24) is 0 Å². The zero-order valence-corrected chi connectivity index (χ0v) is 5.64. The molecular weight excluding hydrogens is 102 g/mol. The number of nitrogens with two attached hydrogens (primary N) is 1. The maximum Gasteiger partial charge on any atom is 0.102 e. The van der Waals surface area contributed by atoms with Crippen LogP contribution in [0, 0.1) is 0 Å². The van der Waals surface area contributed by atoms with Crippen LogP contribution < -0.4 is 5.73 Å². The molecule has 0 aromatic rings. The first kappa shape index (κ1) is 7.34. The fraction of sp³-hybridized carbons (Fsp3) is 0.667. The van der Waals surface area contributed by atoms with Gasteiger partial charge in [-0.1, -0.05) is 0 Å². The lowest BCUT2D eigenvalue weighted by Crippen LogP contribution is -1.99. The van der Waals surface area contributed by atoms with Gasteiger partial charge in [0.1, 0.15) is 6.26 Å². The lowest BCUT2D eigenvalue weighted by molar-refractivity contribution is 0.177. The minimum absolute atomic E-state index is 0.230. The van der Waals surface area contributed by atoms with E-state index in [1.807, 2.05) is 13.8 Å². The summed E-state index contributed by atoms with van der Waals surface area (Å²) in [6.45, 7) is 5.71. The number of ether oxygens (including phenoxy) is 1. The largest absolute Gasteiger partial charge is 0.497 e. The Labute approximate surface area is 50.3 Å². The summed E-state index contributed by atoms with van der Waals surface area (Å²) >= 11 is 0. The van der Waals surface area contributed by atoms with Crippen molar-refractivity contribution < 1.29 is 4.74 Å². The zero-order chi connectivity index (χ0) is 6.57. The Morgan fingerprint density at radius 1 is 1.62 bits per heavy atom. The Hall–Kier alpha value is -0.660. The average molecular weight is 115 g/mol. The molecule has 0 aromatic heterocycles. The molecule has 48 valence electrons. The first-order chi connectivity index (χ1) is 3.63. The molecule has 0 saturated carbocycles. The van der Waals surface area contributed by atoms with E-state index in [2.05, 4.69) is 0 Å². The standard InChI is InChI=1S/C6H13NO/c1-5(2)8-4-6(3)7/h4-5H,7H2,1-3H3/b6-4-. The third kappa shape index (κ3) is 5.34. The molecule has 0 heterocycles. The average Bonchev–Trinajstić information content (AvgIpc) is 1.61. The van der Waals surface area contributed by atoms with E-state index in [4.69, 9.17) is 10.5 Å². The van der Waals surface area contributed by atoms with Gasteiger partial charge in [0.15, 0.2) is 0 Å². The van der Waals surface area contributed by atoms with Crippen LogP contribution in [0.25, 0.3) is 0 Å². The molecule has 0 aromatic carbocycles. The van der Waals surface area contributed by atoms with Crippen molar-refractivity contribution >= 4 is 0 Å². The number of hydrogen-bond donors (Lipinski definition) is 1. The molecule has 2 nitrogen and oxygen atoms in total. The highest BCUT2D eigenvalue weighted by atomic mass is 16.5. The third-order valence-electron chi connectivity index (χ3n) is 0.526. The summed E-state index contributed by atoms with van der Waals surface area (Å²) in [5, 5.41) is 0. The summed E-state index contributed by atoms with van der Waals surface area (Å²) in [6.07, 6.45) is 1.79. The van der Waals surface area contributed by atoms with Crippen molar-refractivity contribution in [2.75, 3.05) is 0 Å². The van der Waals surface area contributed by atoms with E-state index in [-0.39, 0.29) is 6.10 Å². The quantitative estimate of drug-likeness (QED) is 0.549. The van der Waals surface area contributed by atoms with Gasteiger partial charge < -0.3 is 10.5 Å². The van der Waals surface area contributed by atoms with Crippen LogP contribution >= 0.6 is 0 Å². The van der Waals surface area contributed by atoms with E-state index < -0.39 is 0 Å². The Bertz CT molecular complexity index is 82.5. The molecule has 0 unspecified atom stereocenters. The van der Waals surface area contributed by atoms with Crippen LogP contribution in [0.2, 0.25) is 0 Å². The maximum absolute atomic E-state index is 5.28. The third-order valence-corrected chi connectivity index (χ3v) is 0.526. The van der Waals surface area contributed by atoms with Crippen LogP contribution in [0.1, 0.15) is 20.8 Å². The monoisotopic (exact) mass is 115 g/mol. The molecule has 0 aliphatic carbocycles. The van der Waals surface area contributed by atoms with Crippen molar-refractivity contribution in [3.63, 3.8) is 0 Å². The molecule has 0 aliphatic heterocycles. The summed E-state index contributed by atoms with van der Waals surface area (Å²) in [4.78, 5) is 0. The van der Waals surface area contributed by atoms with Gasteiger partial charge in [0.2, 0.25) is 0 Å². The van der Waals surface area contributed by atoms with Gasteiger partial charge in [-0.25, -0.2) is 0 Å². The summed E-state index contributed by atoms with van der Waals surface area (Å²) in [6, 6.07) is 0. The second-order valence-electron chi connectivity index (χ2n) is 2.05. The molecule has 0 rings (SSSR count). The molecule has 0 spiro atoms. The van der Waals surface area contributed by atoms with Crippen LogP contribution in [0.5, 0.6) is 0 Å². The molecule has 2 N–H and O–H groups in total. The lowest BCUT2D eigenvalue weighted by Gasteiger charge is -2.02. The first-order valence-electron chi connectivity index (χ1n) is 2.70. The Balaban J connectivity index is 3.29. The van der Waals surface area contributed by atoms with Crippen molar-refractivity contribution in [3.05, 3.63) is 12.0 Å². The Morgan fingerprint density at radius 3 is 2.25 bits per heavy atom. The number of rotatable bonds is 2. The first-order valence-corrected chi connectivity index (χ1v) is 2.70. The van der Waals surface area contributed by atoms with E-state index in [9.17, 15) is 0 Å². The predicted molar refractivity (Wildman–Crippen MR) is 34.2 cm³/mol. The highest BCUT2D eigenvalue weighted by Crippen LogP contribution is 1.89. The topological polar surface area (TPSA) is 35.2 Å². The van der Waals surface area contributed by atoms with Gasteiger partial charge in [-0.2, -0.15) is 0 Å². The summed E-state index contributed by atoms with van der Waals surface area (Å²) in [5.74, 6) is 0. The van der Waals surface area contributed by atoms with Gasteiger partial charge in [-0.05, 0) is 20.8 Å². The SMILES string of the molecule is C/C(N)=C/OC(C)C. The maximum atomic E-state index is 5.28. The van der Waals surface area contributed by atoms with Crippen LogP contribution in [0.4, 0.5) is 0 Å². The van der Waals surface area contributed by atoms with Gasteiger partial charge in [-0.15, -0.1) is 0 Å². The molecule has 0 amide bonds. The van der Waals surface area contributed by atoms with Gasteiger partial charge >= 0.3 is 0 Å². The highest BCUT2D eigenvalue weighted by molar-refractivity contribution is 4.84. The van der Waals surface area contributed by atoms with Crippen LogP contribution in [-0.2, 0) is 4.74 Å². The van der Waals surface area contributed by atoms with E-state index in [1.165, 1.54) is 0 Å². The number of allylic oxidation sites excluding steroid dienone is 1. The van der Waals surface area contributed by atoms with Gasteiger partial charge in [0.25, 0.3) is 0 Å². The Morgan fingerprint density at radius 2 is 2.12 bits per heavy atom. The van der Waals surface area contributed by atoms with Crippen LogP contribution in [0.15, 0.2) is 12.0 Å². The second kappa shape index (κ2) is 3.36. The molecule has 0 fully saturated rings. The minimum Gasteiger partial charge on any atom is -0.497 e. The van der Waals surface area contributed by atoms with Crippen LogP contribution in [0.3, 0.4) is 0 Å². The molecule has 0 aliphatic rings. The molecule has 0 atom stereocenters. The molecule has 0 radical (unpaired) electrons. The minimum atomic E-state index is 0.230. The van der Waals surface area contributed by atoms with Gasteiger partial charge in [0.05, 0.1) is 6.10 Å². The fourth-order valence-corrected chi connectivity index (χ4v) is 0.243. The predicted octanol–water partition coefficient (Wildman–Crippen LogP) is 1.23. The zero-order valence-electron chi connectivity index (χ0n) is 5.64. The van der Waals surface area contributed by atoms with Gasteiger partial charge in [0, 0.05) is 5.70 Å². The summed E-state index contributed by atoms with van der Waals surface area (Å²) in [5.41, 5.74) is 5.98. The van der Waals surface area contributed by atoms with Crippen LogP contribution in [-0.4, -0.2) is 6.10 Å². The second-order valence-corrected chi connectivity index (χ2v) is 2.05. The Kier molecular flexibility index (Phi) is 3.08. The molecular formula is C6H13NO. The summed E-state index contributed by atoms with van der Waals surface area (Å²) in [7, 11) is 0. The lowest BCUT2D eigenvalue weighted by atomic mass is 10.5. The van der Waals surface area contributed by atoms with Crippen molar-refractivity contribution in [2.45, 2.75) is 26.9 Å². The van der Waals surface area contributed by atoms with Crippen molar-refractivity contribution in [3.8, 4) is 0 Å². The molecule has 0 saturated heterocycles. The molecule has 8 heavy (non-hydrogen) atoms. The van der Waals surface area contributed by atoms with Crippen molar-refractivity contribution in [1.29, 1.82) is 0 Å². The van der Waals surface area contributed by atoms with Crippen molar-refractivity contribution in [2.24, 2.45) is 5.73 Å². The molecule has 2 heteroatoms. The highest BCUT2D eigenvalue weighted by Gasteiger charge is 1.85. The van der Waals surface area contributed by atoms with E-state index in [0.717, 1.165) is 0 Å². The van der Waals surface area contributed by atoms with E-state index in [1.54, 1.807) is 13.2 Å². The van der Waals surface area contributed by atoms with Gasteiger partial charge in [-0.3, -0.25) is 0 Å². The van der Waals surface area contributed by atoms with E-state index in [0.29, 0.717) is 5.70 Å². The fourth-order valence-electron chi connectivity index (χ4n) is 0.243. The van der Waals surface area contributed by atoms with E-state index >= 15 is 0 Å². The normalized spacial score (nSPS) is 12.2. The molecule has 0 bridgehead atoms. The number of hydrogen-bond acceptors (Lipinski definition) is 2. The summed E-state index contributed by atoms with van der Waals surface area (Å²) < 4.78 is 5.02.